The molecule has 4 aromatic heterocycles. The van der Waals surface area contributed by atoms with Gasteiger partial charge in [-0.2, -0.15) is 0 Å². The normalized spacial score (nSPS) is 11.6. The van der Waals surface area contributed by atoms with Gasteiger partial charge in [-0.1, -0.05) is 133 Å². The lowest BCUT2D eigenvalue weighted by Gasteiger charge is -2.15. The highest BCUT2D eigenvalue weighted by Crippen LogP contribution is 2.44. The topological polar surface area (TPSA) is 77.8 Å². The predicted octanol–water partition coefficient (Wildman–Crippen LogP) is 11.4. The van der Waals surface area contributed by atoms with Crippen molar-refractivity contribution < 1.29 is 8.83 Å². The van der Waals surface area contributed by atoms with E-state index in [1.807, 2.05) is 121 Å². The van der Waals surface area contributed by atoms with Crippen molar-refractivity contribution in [1.29, 1.82) is 0 Å². The van der Waals surface area contributed by atoms with Crippen molar-refractivity contribution >= 4 is 44.1 Å². The number of furan rings is 2. The van der Waals surface area contributed by atoms with Crippen LogP contribution in [0, 0.1) is 0 Å². The van der Waals surface area contributed by atoms with Gasteiger partial charge in [-0.15, -0.1) is 0 Å². The molecule has 0 radical (unpaired) electrons. The Bertz CT molecular complexity index is 2680. The van der Waals surface area contributed by atoms with Gasteiger partial charge in [0, 0.05) is 33.0 Å². The largest absolute Gasteiger partial charge is 0.452 e. The van der Waals surface area contributed by atoms with Crippen LogP contribution in [0.2, 0.25) is 0 Å². The summed E-state index contributed by atoms with van der Waals surface area (Å²) in [7, 11) is 0. The first-order valence-corrected chi connectivity index (χ1v) is 16.5. The van der Waals surface area contributed by atoms with Crippen molar-refractivity contribution in [3.05, 3.63) is 158 Å². The van der Waals surface area contributed by atoms with Gasteiger partial charge < -0.3 is 8.83 Å². The number of hydrogen-bond acceptors (Lipinski definition) is 6. The van der Waals surface area contributed by atoms with Crippen LogP contribution in [0.4, 0.5) is 0 Å². The molecule has 0 saturated carbocycles. The Labute approximate surface area is 286 Å². The lowest BCUT2D eigenvalue weighted by Crippen LogP contribution is -1.97. The van der Waals surface area contributed by atoms with Crippen LogP contribution in [0.5, 0.6) is 0 Å². The van der Waals surface area contributed by atoms with Crippen LogP contribution >= 0.6 is 0 Å². The van der Waals surface area contributed by atoms with Crippen LogP contribution in [0.25, 0.3) is 101 Å². The smallest absolute Gasteiger partial charge is 0.180 e. The summed E-state index contributed by atoms with van der Waals surface area (Å²) in [6.07, 6.45) is 0. The van der Waals surface area contributed by atoms with Crippen LogP contribution in [0.1, 0.15) is 0 Å². The van der Waals surface area contributed by atoms with Crippen LogP contribution < -0.4 is 0 Å². The maximum absolute atomic E-state index is 6.53. The molecular weight excluding hydrogens is 617 g/mol. The molecule has 0 aliphatic carbocycles. The fraction of sp³-hybridized carbons (Fsp3) is 0. The average Bonchev–Trinajstić information content (AvgIpc) is 3.76. The van der Waals surface area contributed by atoms with Crippen molar-refractivity contribution in [3.63, 3.8) is 0 Å². The fourth-order valence-electron chi connectivity index (χ4n) is 6.83. The van der Waals surface area contributed by atoms with Gasteiger partial charge in [0.1, 0.15) is 33.6 Å². The number of para-hydroxylation sites is 2. The first kappa shape index (κ1) is 28.1. The summed E-state index contributed by atoms with van der Waals surface area (Å²) in [5.41, 5.74) is 11.5. The Morgan fingerprint density at radius 1 is 0.320 bits per heavy atom. The molecule has 50 heavy (non-hydrogen) atoms. The quantitative estimate of drug-likeness (QED) is 0.186. The second-order valence-corrected chi connectivity index (χ2v) is 12.2. The second kappa shape index (κ2) is 11.4. The molecule has 6 heteroatoms. The third-order valence-corrected chi connectivity index (χ3v) is 9.16. The van der Waals surface area contributed by atoms with E-state index >= 15 is 0 Å². The monoisotopic (exact) mass is 642 g/mol. The number of benzene rings is 6. The molecule has 0 atom stereocenters. The lowest BCUT2D eigenvalue weighted by molar-refractivity contribution is 0.667. The van der Waals surface area contributed by atoms with E-state index in [1.54, 1.807) is 0 Å². The zero-order valence-electron chi connectivity index (χ0n) is 26.6. The Hall–Kier alpha value is -6.92. The molecule has 4 heterocycles. The van der Waals surface area contributed by atoms with E-state index in [0.29, 0.717) is 22.8 Å². The van der Waals surface area contributed by atoms with Crippen molar-refractivity contribution in [2.75, 3.05) is 0 Å². The number of nitrogens with zero attached hydrogens (tertiary/aromatic N) is 4. The van der Waals surface area contributed by atoms with E-state index in [2.05, 4.69) is 36.4 Å². The molecule has 0 bridgehead atoms. The van der Waals surface area contributed by atoms with Crippen molar-refractivity contribution in [2.45, 2.75) is 0 Å². The van der Waals surface area contributed by atoms with Gasteiger partial charge >= 0.3 is 0 Å². The molecular formula is C44H26N4O2. The number of hydrogen-bond donors (Lipinski definition) is 0. The van der Waals surface area contributed by atoms with Crippen molar-refractivity contribution in [1.82, 2.24) is 19.9 Å². The Morgan fingerprint density at radius 2 is 0.680 bits per heavy atom. The van der Waals surface area contributed by atoms with Gasteiger partial charge in [-0.25, -0.2) is 19.9 Å². The van der Waals surface area contributed by atoms with Gasteiger partial charge in [0.05, 0.1) is 0 Å². The fourth-order valence-corrected chi connectivity index (χ4v) is 6.83. The van der Waals surface area contributed by atoms with E-state index in [4.69, 9.17) is 28.8 Å². The Kier molecular flexibility index (Phi) is 6.39. The van der Waals surface area contributed by atoms with Crippen LogP contribution in [-0.4, -0.2) is 19.9 Å². The molecule has 6 nitrogen and oxygen atoms in total. The van der Waals surface area contributed by atoms with E-state index < -0.39 is 0 Å². The summed E-state index contributed by atoms with van der Waals surface area (Å²) in [5, 5.41) is 1.89. The summed E-state index contributed by atoms with van der Waals surface area (Å²) in [4.78, 5) is 20.5. The molecule has 0 amide bonds. The van der Waals surface area contributed by atoms with Crippen molar-refractivity contribution in [3.8, 4) is 56.4 Å². The average molecular weight is 643 g/mol. The Balaban J connectivity index is 1.25. The summed E-state index contributed by atoms with van der Waals surface area (Å²) < 4.78 is 13.1. The zero-order valence-corrected chi connectivity index (χ0v) is 26.6. The minimum Gasteiger partial charge on any atom is -0.452 e. The molecule has 0 aliphatic rings. The molecule has 0 unspecified atom stereocenters. The minimum atomic E-state index is 0.634. The molecule has 10 aromatic rings. The molecule has 0 N–H and O–H groups in total. The van der Waals surface area contributed by atoms with Gasteiger partial charge in [-0.05, 0) is 35.4 Å². The van der Waals surface area contributed by atoms with Gasteiger partial charge in [-0.3, -0.25) is 0 Å². The number of rotatable bonds is 5. The van der Waals surface area contributed by atoms with E-state index in [-0.39, 0.29) is 0 Å². The molecule has 0 aliphatic heterocycles. The highest BCUT2D eigenvalue weighted by Gasteiger charge is 2.24. The molecule has 0 fully saturated rings. The van der Waals surface area contributed by atoms with E-state index in [1.165, 1.54) is 0 Å². The van der Waals surface area contributed by atoms with Crippen molar-refractivity contribution in [2.24, 2.45) is 0 Å². The maximum atomic E-state index is 6.53. The summed E-state index contributed by atoms with van der Waals surface area (Å²) >= 11 is 0. The highest BCUT2D eigenvalue weighted by molar-refractivity contribution is 6.10. The summed E-state index contributed by atoms with van der Waals surface area (Å²) in [6, 6.07) is 52.8. The lowest BCUT2D eigenvalue weighted by atomic mass is 9.92. The van der Waals surface area contributed by atoms with Crippen LogP contribution in [-0.2, 0) is 0 Å². The standard InChI is InChI=1S/C44H26N4O2/c1-3-15-27(16-4-1)43-45-37(41-39(47-43)33-23-11-13-25-35(33)49-41)31-21-9-7-19-29(31)30-20-8-10-22-32(30)38-42-40(34-24-12-14-26-36(34)50-42)48-44(46-38)28-17-5-2-6-18-28/h1-26H. The molecule has 0 saturated heterocycles. The van der Waals surface area contributed by atoms with Gasteiger partial charge in [0.15, 0.2) is 22.8 Å². The second-order valence-electron chi connectivity index (χ2n) is 12.2. The molecule has 6 aromatic carbocycles. The SMILES string of the molecule is c1ccc(-c2nc(-c3ccccc3-c3ccccc3-c3nc(-c4ccccc4)nc4c3oc3ccccc34)c3oc4ccccc4c3n2)cc1. The zero-order chi connectivity index (χ0) is 33.0. The van der Waals surface area contributed by atoms with Gasteiger partial charge in [0.25, 0.3) is 0 Å². The minimum absolute atomic E-state index is 0.634. The summed E-state index contributed by atoms with van der Waals surface area (Å²) in [5.74, 6) is 1.27. The number of aromatic nitrogens is 4. The maximum Gasteiger partial charge on any atom is 0.180 e. The van der Waals surface area contributed by atoms with E-state index in [9.17, 15) is 0 Å². The summed E-state index contributed by atoms with van der Waals surface area (Å²) in [6.45, 7) is 0. The Morgan fingerprint density at radius 3 is 1.12 bits per heavy atom. The van der Waals surface area contributed by atoms with Crippen LogP contribution in [0.15, 0.2) is 167 Å². The third-order valence-electron chi connectivity index (χ3n) is 9.16. The first-order valence-electron chi connectivity index (χ1n) is 16.5. The first-order chi connectivity index (χ1) is 24.8. The highest BCUT2D eigenvalue weighted by atomic mass is 16.3. The molecule has 234 valence electrons. The van der Waals surface area contributed by atoms with Crippen LogP contribution in [0.3, 0.4) is 0 Å². The van der Waals surface area contributed by atoms with E-state index in [0.717, 1.165) is 77.7 Å². The van der Waals surface area contributed by atoms with Gasteiger partial charge in [0.2, 0.25) is 0 Å². The number of fused-ring (bicyclic) bond motifs is 6. The predicted molar refractivity (Wildman–Crippen MR) is 199 cm³/mol. The molecule has 0 spiro atoms. The third kappa shape index (κ3) is 4.50. The molecule has 10 rings (SSSR count).